The number of alkyl carbamates (subject to hydrolysis) is 1. The summed E-state index contributed by atoms with van der Waals surface area (Å²) < 4.78 is 81.3. The van der Waals surface area contributed by atoms with Crippen LogP contribution in [0.3, 0.4) is 0 Å². The van der Waals surface area contributed by atoms with Gasteiger partial charge in [-0.1, -0.05) is 0 Å². The van der Waals surface area contributed by atoms with Gasteiger partial charge in [-0.2, -0.15) is 8.78 Å². The number of amides is 1. The number of esters is 2. The lowest BCUT2D eigenvalue weighted by Crippen LogP contribution is -2.46. The Hall–Kier alpha value is -2.92. The predicted octanol–water partition coefficient (Wildman–Crippen LogP) is 4.30. The highest BCUT2D eigenvalue weighted by atomic mass is 19.2. The van der Waals surface area contributed by atoms with E-state index in [0.717, 1.165) is 0 Å². The average Bonchev–Trinajstić information content (AvgIpc) is 2.62. The van der Waals surface area contributed by atoms with Crippen LogP contribution >= 0.6 is 0 Å². The maximum absolute atomic E-state index is 13.7. The summed E-state index contributed by atoms with van der Waals surface area (Å²) in [5.41, 5.74) is -1.87. The summed E-state index contributed by atoms with van der Waals surface area (Å²) in [5.74, 6) is -15.8. The zero-order valence-corrected chi connectivity index (χ0v) is 18.3. The largest absolute Gasteiger partial charge is 0.458 e. The molecule has 0 heterocycles. The molecule has 1 atom stereocenters. The SMILES string of the molecule is CC(C)(C)OC(=O)N[C@@H](CCC(=O)Oc1c(F)c(F)c(F)c(F)c1F)C(=O)OC(C)(C)C. The van der Waals surface area contributed by atoms with Crippen molar-refractivity contribution in [1.29, 1.82) is 0 Å². The molecule has 180 valence electrons. The van der Waals surface area contributed by atoms with Crippen molar-refractivity contribution in [3.63, 3.8) is 0 Å². The minimum Gasteiger partial charge on any atom is -0.458 e. The quantitative estimate of drug-likeness (QED) is 0.220. The molecule has 12 heteroatoms. The molecular formula is C20H24F5NO6. The highest BCUT2D eigenvalue weighted by Crippen LogP contribution is 2.29. The molecule has 32 heavy (non-hydrogen) atoms. The van der Waals surface area contributed by atoms with Crippen molar-refractivity contribution in [2.24, 2.45) is 0 Å². The first kappa shape index (κ1) is 27.1. The van der Waals surface area contributed by atoms with Crippen LogP contribution in [0.1, 0.15) is 54.4 Å². The third-order valence-corrected chi connectivity index (χ3v) is 3.40. The molecule has 0 fully saturated rings. The normalized spacial score (nSPS) is 12.7. The van der Waals surface area contributed by atoms with E-state index >= 15 is 0 Å². The van der Waals surface area contributed by atoms with Crippen LogP contribution in [0, 0.1) is 29.1 Å². The highest BCUT2D eigenvalue weighted by Gasteiger charge is 2.31. The number of hydrogen-bond donors (Lipinski definition) is 1. The van der Waals surface area contributed by atoms with E-state index in [9.17, 15) is 36.3 Å². The summed E-state index contributed by atoms with van der Waals surface area (Å²) in [7, 11) is 0. The zero-order valence-electron chi connectivity index (χ0n) is 18.3. The monoisotopic (exact) mass is 469 g/mol. The van der Waals surface area contributed by atoms with Crippen molar-refractivity contribution < 1.29 is 50.5 Å². The van der Waals surface area contributed by atoms with E-state index in [4.69, 9.17) is 9.47 Å². The number of halogens is 5. The second kappa shape index (κ2) is 10.1. The van der Waals surface area contributed by atoms with Crippen molar-refractivity contribution in [2.45, 2.75) is 71.6 Å². The molecule has 0 aliphatic rings. The molecule has 0 aromatic heterocycles. The van der Waals surface area contributed by atoms with Crippen molar-refractivity contribution in [2.75, 3.05) is 0 Å². The van der Waals surface area contributed by atoms with Crippen LogP contribution in [-0.2, 0) is 19.1 Å². The third kappa shape index (κ3) is 7.97. The van der Waals surface area contributed by atoms with Gasteiger partial charge in [0, 0.05) is 6.42 Å². The standard InChI is InChI=1S/C20H24F5NO6/c1-19(2,3)31-17(28)9(26-18(29)32-20(4,5)6)7-8-10(27)30-16-14(24)12(22)11(21)13(23)15(16)25/h9H,7-8H2,1-6H3,(H,26,29)/t9-/m0/s1. The van der Waals surface area contributed by atoms with Crippen molar-refractivity contribution in [3.05, 3.63) is 29.1 Å². The maximum Gasteiger partial charge on any atom is 0.408 e. The molecule has 0 aliphatic carbocycles. The first-order chi connectivity index (χ1) is 14.4. The van der Waals surface area contributed by atoms with Gasteiger partial charge in [0.05, 0.1) is 0 Å². The molecule has 0 saturated carbocycles. The Kier molecular flexibility index (Phi) is 8.59. The molecular weight excluding hydrogens is 445 g/mol. The van der Waals surface area contributed by atoms with Gasteiger partial charge in [0.25, 0.3) is 0 Å². The number of hydrogen-bond acceptors (Lipinski definition) is 6. The van der Waals surface area contributed by atoms with E-state index in [-0.39, 0.29) is 0 Å². The van der Waals surface area contributed by atoms with Gasteiger partial charge in [-0.25, -0.2) is 22.8 Å². The summed E-state index contributed by atoms with van der Waals surface area (Å²) in [6.07, 6.45) is -2.25. The van der Waals surface area contributed by atoms with Gasteiger partial charge in [-0.3, -0.25) is 4.79 Å². The maximum atomic E-state index is 13.7. The fraction of sp³-hybridized carbons (Fsp3) is 0.550. The summed E-state index contributed by atoms with van der Waals surface area (Å²) in [4.78, 5) is 36.3. The van der Waals surface area contributed by atoms with E-state index in [2.05, 4.69) is 10.1 Å². The molecule has 0 aliphatic heterocycles. The van der Waals surface area contributed by atoms with Crippen molar-refractivity contribution >= 4 is 18.0 Å². The van der Waals surface area contributed by atoms with Gasteiger partial charge in [-0.05, 0) is 48.0 Å². The van der Waals surface area contributed by atoms with E-state index in [1.807, 2.05) is 0 Å². The Morgan fingerprint density at radius 3 is 1.66 bits per heavy atom. The molecule has 1 rings (SSSR count). The van der Waals surface area contributed by atoms with Crippen molar-refractivity contribution in [3.8, 4) is 5.75 Å². The Bertz CT molecular complexity index is 863. The molecule has 1 aromatic carbocycles. The number of carbonyl (C=O) groups excluding carboxylic acids is 3. The van der Waals surface area contributed by atoms with Crippen LogP contribution in [0.15, 0.2) is 0 Å². The predicted molar refractivity (Wildman–Crippen MR) is 100 cm³/mol. The van der Waals surface area contributed by atoms with Crippen molar-refractivity contribution in [1.82, 2.24) is 5.32 Å². The second-order valence-electron chi connectivity index (χ2n) is 8.64. The lowest BCUT2D eigenvalue weighted by Gasteiger charge is -2.26. The van der Waals surface area contributed by atoms with Crippen LogP contribution in [0.5, 0.6) is 5.75 Å². The van der Waals surface area contributed by atoms with Crippen LogP contribution in [0.4, 0.5) is 26.7 Å². The van der Waals surface area contributed by atoms with Gasteiger partial charge in [0.1, 0.15) is 17.2 Å². The van der Waals surface area contributed by atoms with Gasteiger partial charge >= 0.3 is 18.0 Å². The Morgan fingerprint density at radius 1 is 0.781 bits per heavy atom. The highest BCUT2D eigenvalue weighted by molar-refractivity contribution is 5.82. The van der Waals surface area contributed by atoms with Crippen LogP contribution in [0.2, 0.25) is 0 Å². The van der Waals surface area contributed by atoms with E-state index in [0.29, 0.717) is 0 Å². The zero-order chi connectivity index (χ0) is 25.0. The van der Waals surface area contributed by atoms with E-state index < -0.39 is 83.0 Å². The smallest absolute Gasteiger partial charge is 0.408 e. The molecule has 7 nitrogen and oxygen atoms in total. The number of carbonyl (C=O) groups is 3. The molecule has 0 saturated heterocycles. The minimum atomic E-state index is -2.41. The van der Waals surface area contributed by atoms with Gasteiger partial charge < -0.3 is 19.5 Å². The van der Waals surface area contributed by atoms with Crippen LogP contribution in [0.25, 0.3) is 0 Å². The Labute approximate surface area is 181 Å². The Balaban J connectivity index is 2.96. The summed E-state index contributed by atoms with van der Waals surface area (Å²) in [6.45, 7) is 9.34. The molecule has 0 unspecified atom stereocenters. The molecule has 1 N–H and O–H groups in total. The van der Waals surface area contributed by atoms with Gasteiger partial charge in [0.15, 0.2) is 0 Å². The molecule has 1 aromatic rings. The lowest BCUT2D eigenvalue weighted by molar-refractivity contribution is -0.157. The lowest BCUT2D eigenvalue weighted by atomic mass is 10.1. The number of rotatable bonds is 6. The topological polar surface area (TPSA) is 90.9 Å². The average molecular weight is 469 g/mol. The fourth-order valence-electron chi connectivity index (χ4n) is 2.17. The molecule has 1 amide bonds. The van der Waals surface area contributed by atoms with Gasteiger partial charge in [-0.15, -0.1) is 0 Å². The van der Waals surface area contributed by atoms with E-state index in [1.165, 1.54) is 0 Å². The summed E-state index contributed by atoms with van der Waals surface area (Å²) in [6, 6.07) is -1.44. The fourth-order valence-corrected chi connectivity index (χ4v) is 2.17. The number of ether oxygens (including phenoxy) is 3. The summed E-state index contributed by atoms with van der Waals surface area (Å²) >= 11 is 0. The number of nitrogens with one attached hydrogen (secondary N) is 1. The molecule has 0 radical (unpaired) electrons. The van der Waals surface area contributed by atoms with Crippen LogP contribution in [-0.4, -0.2) is 35.3 Å². The van der Waals surface area contributed by atoms with Gasteiger partial charge in [0.2, 0.25) is 34.8 Å². The number of benzene rings is 1. The molecule has 0 spiro atoms. The Morgan fingerprint density at radius 2 is 1.22 bits per heavy atom. The molecule has 0 bridgehead atoms. The third-order valence-electron chi connectivity index (χ3n) is 3.40. The second-order valence-corrected chi connectivity index (χ2v) is 8.64. The van der Waals surface area contributed by atoms with Crippen LogP contribution < -0.4 is 10.1 Å². The first-order valence-corrected chi connectivity index (χ1v) is 9.37. The first-order valence-electron chi connectivity index (χ1n) is 9.37. The summed E-state index contributed by atoms with van der Waals surface area (Å²) in [5, 5.41) is 2.20. The van der Waals surface area contributed by atoms with E-state index in [1.54, 1.807) is 41.5 Å². The minimum absolute atomic E-state index is 0.484.